The number of nitrogens with zero attached hydrogens (tertiary/aromatic N) is 3. The van der Waals surface area contributed by atoms with Gasteiger partial charge in [0.25, 0.3) is 5.91 Å². The number of hydrogen-bond donors (Lipinski definition) is 1. The highest BCUT2D eigenvalue weighted by Crippen LogP contribution is 2.25. The molecule has 0 atom stereocenters. The van der Waals surface area contributed by atoms with Crippen molar-refractivity contribution in [2.24, 2.45) is 5.92 Å². The Morgan fingerprint density at radius 1 is 1.35 bits per heavy atom. The summed E-state index contributed by atoms with van der Waals surface area (Å²) >= 11 is 0. The third-order valence-electron chi connectivity index (χ3n) is 3.86. The van der Waals surface area contributed by atoms with E-state index in [2.05, 4.69) is 23.8 Å². The number of anilines is 1. The van der Waals surface area contributed by atoms with Crippen LogP contribution in [-0.2, 0) is 0 Å². The summed E-state index contributed by atoms with van der Waals surface area (Å²) in [6.45, 7) is 5.16. The second-order valence-corrected chi connectivity index (χ2v) is 5.95. The van der Waals surface area contributed by atoms with E-state index in [4.69, 9.17) is 5.73 Å². The molecule has 1 saturated carbocycles. The first-order chi connectivity index (χ1) is 9.58. The highest BCUT2D eigenvalue weighted by Gasteiger charge is 2.28. The van der Waals surface area contributed by atoms with Gasteiger partial charge >= 0.3 is 0 Å². The molecule has 0 spiro atoms. The lowest BCUT2D eigenvalue weighted by molar-refractivity contribution is 0.0665. The van der Waals surface area contributed by atoms with Gasteiger partial charge in [-0.25, -0.2) is 9.97 Å². The molecule has 0 unspecified atom stereocenters. The lowest BCUT2D eigenvalue weighted by Crippen LogP contribution is -2.40. The summed E-state index contributed by atoms with van der Waals surface area (Å²) < 4.78 is 0. The first kappa shape index (κ1) is 14.8. The largest absolute Gasteiger partial charge is 0.382 e. The van der Waals surface area contributed by atoms with Crippen LogP contribution in [0.2, 0.25) is 0 Å². The van der Waals surface area contributed by atoms with Crippen LogP contribution >= 0.6 is 0 Å². The van der Waals surface area contributed by atoms with Crippen LogP contribution in [0.1, 0.15) is 56.4 Å². The van der Waals surface area contributed by atoms with Crippen LogP contribution in [-0.4, -0.2) is 33.4 Å². The van der Waals surface area contributed by atoms with Gasteiger partial charge in [-0.3, -0.25) is 4.79 Å². The third kappa shape index (κ3) is 3.68. The Labute approximate surface area is 120 Å². The van der Waals surface area contributed by atoms with E-state index in [0.29, 0.717) is 23.5 Å². The van der Waals surface area contributed by atoms with Crippen LogP contribution in [0.5, 0.6) is 0 Å². The molecule has 0 saturated heterocycles. The lowest BCUT2D eigenvalue weighted by atomic mass is 10.1. The highest BCUT2D eigenvalue weighted by atomic mass is 16.2. The van der Waals surface area contributed by atoms with Crippen molar-refractivity contribution in [2.45, 2.75) is 52.0 Å². The Hall–Kier alpha value is -1.65. The molecule has 0 radical (unpaired) electrons. The van der Waals surface area contributed by atoms with Gasteiger partial charge in [0.05, 0.1) is 12.4 Å². The van der Waals surface area contributed by atoms with Crippen LogP contribution in [0.25, 0.3) is 0 Å². The molecule has 1 aromatic heterocycles. The molecule has 5 heteroatoms. The van der Waals surface area contributed by atoms with Crippen molar-refractivity contribution in [3.05, 3.63) is 18.1 Å². The number of hydrogen-bond acceptors (Lipinski definition) is 4. The summed E-state index contributed by atoms with van der Waals surface area (Å²) in [5.74, 6) is 0.922. The van der Waals surface area contributed by atoms with Gasteiger partial charge in [-0.2, -0.15) is 0 Å². The Morgan fingerprint density at radius 2 is 2.05 bits per heavy atom. The zero-order chi connectivity index (χ0) is 14.5. The van der Waals surface area contributed by atoms with Crippen molar-refractivity contribution in [3.8, 4) is 0 Å². The Balaban J connectivity index is 2.11. The van der Waals surface area contributed by atoms with Crippen LogP contribution in [0.15, 0.2) is 12.4 Å². The molecule has 1 amide bonds. The van der Waals surface area contributed by atoms with Crippen molar-refractivity contribution >= 4 is 11.7 Å². The fourth-order valence-electron chi connectivity index (χ4n) is 2.66. The molecule has 1 aromatic rings. The number of nitrogens with two attached hydrogens (primary N) is 1. The number of rotatable bonds is 5. The van der Waals surface area contributed by atoms with E-state index >= 15 is 0 Å². The van der Waals surface area contributed by atoms with Gasteiger partial charge in [0.1, 0.15) is 11.5 Å². The third-order valence-corrected chi connectivity index (χ3v) is 3.86. The Kier molecular flexibility index (Phi) is 4.93. The maximum Gasteiger partial charge on any atom is 0.274 e. The van der Waals surface area contributed by atoms with Gasteiger partial charge < -0.3 is 10.6 Å². The molecule has 1 aliphatic carbocycles. The fraction of sp³-hybridized carbons (Fsp3) is 0.667. The van der Waals surface area contributed by atoms with Gasteiger partial charge in [0, 0.05) is 12.6 Å². The molecule has 0 aromatic carbocycles. The number of nitrogen functional groups attached to an aromatic ring is 1. The normalized spacial score (nSPS) is 15.8. The number of aromatic nitrogens is 2. The molecule has 20 heavy (non-hydrogen) atoms. The van der Waals surface area contributed by atoms with Crippen molar-refractivity contribution in [1.82, 2.24) is 14.9 Å². The zero-order valence-corrected chi connectivity index (χ0v) is 12.4. The molecule has 5 nitrogen and oxygen atoms in total. The summed E-state index contributed by atoms with van der Waals surface area (Å²) in [7, 11) is 0. The number of carbonyl (C=O) groups excluding carboxylic acids is 1. The molecule has 2 rings (SSSR count). The van der Waals surface area contributed by atoms with E-state index in [1.807, 2.05) is 4.90 Å². The van der Waals surface area contributed by atoms with E-state index in [0.717, 1.165) is 25.8 Å². The van der Waals surface area contributed by atoms with Gasteiger partial charge in [-0.1, -0.05) is 26.7 Å². The maximum absolute atomic E-state index is 12.6. The summed E-state index contributed by atoms with van der Waals surface area (Å²) in [6, 6.07) is 0.362. The summed E-state index contributed by atoms with van der Waals surface area (Å²) in [4.78, 5) is 22.7. The zero-order valence-electron chi connectivity index (χ0n) is 12.4. The molecule has 1 fully saturated rings. The average Bonchev–Trinajstić information content (AvgIpc) is 2.93. The summed E-state index contributed by atoms with van der Waals surface area (Å²) in [5, 5.41) is 0. The molecule has 1 aliphatic rings. The fourth-order valence-corrected chi connectivity index (χ4v) is 2.66. The molecule has 110 valence electrons. The van der Waals surface area contributed by atoms with Crippen LogP contribution in [0.4, 0.5) is 5.82 Å². The average molecular weight is 276 g/mol. The standard InChI is InChI=1S/C15H24N4O/c1-11(2)7-8-19(12-5-3-4-6-12)15(20)13-9-18-14(16)10-17-13/h9-12H,3-8H2,1-2H3,(H2,16,18). The minimum atomic E-state index is -0.00921. The second kappa shape index (κ2) is 6.68. The summed E-state index contributed by atoms with van der Waals surface area (Å²) in [5.41, 5.74) is 5.92. The minimum absolute atomic E-state index is 0.00921. The summed E-state index contributed by atoms with van der Waals surface area (Å²) in [6.07, 6.45) is 8.58. The van der Waals surface area contributed by atoms with E-state index in [1.54, 1.807) is 0 Å². The molecule has 0 aliphatic heterocycles. The van der Waals surface area contributed by atoms with E-state index in [1.165, 1.54) is 25.2 Å². The first-order valence-corrected chi connectivity index (χ1v) is 7.46. The predicted molar refractivity (Wildman–Crippen MR) is 79.2 cm³/mol. The van der Waals surface area contributed by atoms with E-state index in [9.17, 15) is 4.79 Å². The van der Waals surface area contributed by atoms with Gasteiger partial charge in [-0.15, -0.1) is 0 Å². The van der Waals surface area contributed by atoms with Crippen molar-refractivity contribution in [2.75, 3.05) is 12.3 Å². The molecule has 2 N–H and O–H groups in total. The molecule has 0 bridgehead atoms. The molecular weight excluding hydrogens is 252 g/mol. The van der Waals surface area contributed by atoms with Crippen molar-refractivity contribution in [1.29, 1.82) is 0 Å². The van der Waals surface area contributed by atoms with E-state index < -0.39 is 0 Å². The van der Waals surface area contributed by atoms with Crippen LogP contribution < -0.4 is 5.73 Å². The number of amides is 1. The predicted octanol–water partition coefficient (Wildman–Crippen LogP) is 2.49. The topological polar surface area (TPSA) is 72.1 Å². The smallest absolute Gasteiger partial charge is 0.274 e. The van der Waals surface area contributed by atoms with Gasteiger partial charge in [0.2, 0.25) is 0 Å². The lowest BCUT2D eigenvalue weighted by Gasteiger charge is -2.29. The Bertz CT molecular complexity index is 438. The van der Waals surface area contributed by atoms with Crippen LogP contribution in [0, 0.1) is 5.92 Å². The highest BCUT2D eigenvalue weighted by molar-refractivity contribution is 5.92. The Morgan fingerprint density at radius 3 is 2.60 bits per heavy atom. The van der Waals surface area contributed by atoms with Gasteiger partial charge in [-0.05, 0) is 25.2 Å². The maximum atomic E-state index is 12.6. The second-order valence-electron chi connectivity index (χ2n) is 5.95. The SMILES string of the molecule is CC(C)CCN(C(=O)c1cnc(N)cn1)C1CCCC1. The monoisotopic (exact) mass is 276 g/mol. The minimum Gasteiger partial charge on any atom is -0.382 e. The molecule has 1 heterocycles. The number of carbonyl (C=O) groups is 1. The molecular formula is C15H24N4O. The van der Waals surface area contributed by atoms with Crippen molar-refractivity contribution < 1.29 is 4.79 Å². The van der Waals surface area contributed by atoms with Crippen molar-refractivity contribution in [3.63, 3.8) is 0 Å². The quantitative estimate of drug-likeness (QED) is 0.896. The van der Waals surface area contributed by atoms with Crippen LogP contribution in [0.3, 0.4) is 0 Å². The van der Waals surface area contributed by atoms with Gasteiger partial charge in [0.15, 0.2) is 0 Å². The first-order valence-electron chi connectivity index (χ1n) is 7.46. The van der Waals surface area contributed by atoms with E-state index in [-0.39, 0.29) is 5.91 Å².